The summed E-state index contributed by atoms with van der Waals surface area (Å²) in [5, 5.41) is 7.91. The van der Waals surface area contributed by atoms with Gasteiger partial charge in [0.05, 0.1) is 21.4 Å². The molecule has 4 nitrogen and oxygen atoms in total. The van der Waals surface area contributed by atoms with E-state index in [0.29, 0.717) is 0 Å². The minimum absolute atomic E-state index is 0.807. The minimum Gasteiger partial charge on any atom is -0.381 e. The van der Waals surface area contributed by atoms with E-state index in [1.807, 2.05) is 17.2 Å². The van der Waals surface area contributed by atoms with Gasteiger partial charge in [-0.25, -0.2) is 4.98 Å². The molecule has 0 spiro atoms. The summed E-state index contributed by atoms with van der Waals surface area (Å²) in [7, 11) is 1.96. The van der Waals surface area contributed by atoms with Crippen LogP contribution in [0.25, 0.3) is 10.2 Å². The smallest absolute Gasteiger partial charge is 0.0813 e. The SMILES string of the molecule is CCc1nn(C)cc1CNc1ccc2ncsc2c1. The van der Waals surface area contributed by atoms with Crippen molar-refractivity contribution in [2.45, 2.75) is 19.9 Å². The Morgan fingerprint density at radius 3 is 3.11 bits per heavy atom. The van der Waals surface area contributed by atoms with Gasteiger partial charge in [0.2, 0.25) is 0 Å². The number of fused-ring (bicyclic) bond motifs is 1. The van der Waals surface area contributed by atoms with Gasteiger partial charge in [-0.1, -0.05) is 6.92 Å². The number of hydrogen-bond donors (Lipinski definition) is 1. The molecule has 19 heavy (non-hydrogen) atoms. The van der Waals surface area contributed by atoms with Gasteiger partial charge >= 0.3 is 0 Å². The van der Waals surface area contributed by atoms with Crippen LogP contribution in [0.3, 0.4) is 0 Å². The van der Waals surface area contributed by atoms with Crippen molar-refractivity contribution in [2.75, 3.05) is 5.32 Å². The standard InChI is InChI=1S/C14H16N4S/c1-3-12-10(8-18(2)17-12)7-15-11-4-5-13-14(6-11)19-9-16-13/h4-6,8-9,15H,3,7H2,1-2H3. The van der Waals surface area contributed by atoms with E-state index in [0.717, 1.165) is 29.9 Å². The lowest BCUT2D eigenvalue weighted by atomic mass is 10.2. The molecule has 3 rings (SSSR count). The summed E-state index contributed by atoms with van der Waals surface area (Å²) in [6, 6.07) is 6.27. The average molecular weight is 272 g/mol. The molecule has 2 heterocycles. The van der Waals surface area contributed by atoms with Crippen LogP contribution in [-0.2, 0) is 20.0 Å². The molecule has 0 saturated carbocycles. The predicted octanol–water partition coefficient (Wildman–Crippen LogP) is 3.20. The highest BCUT2D eigenvalue weighted by atomic mass is 32.1. The largest absolute Gasteiger partial charge is 0.381 e. The Morgan fingerprint density at radius 2 is 2.26 bits per heavy atom. The molecule has 0 bridgehead atoms. The Hall–Kier alpha value is -1.88. The second-order valence-corrected chi connectivity index (χ2v) is 5.40. The summed E-state index contributed by atoms with van der Waals surface area (Å²) in [4.78, 5) is 4.29. The maximum Gasteiger partial charge on any atom is 0.0813 e. The van der Waals surface area contributed by atoms with Gasteiger partial charge in [0.25, 0.3) is 0 Å². The number of nitrogens with zero attached hydrogens (tertiary/aromatic N) is 3. The van der Waals surface area contributed by atoms with Crippen molar-refractivity contribution in [3.8, 4) is 0 Å². The van der Waals surface area contributed by atoms with Crippen LogP contribution in [0.1, 0.15) is 18.2 Å². The zero-order chi connectivity index (χ0) is 13.2. The summed E-state index contributed by atoms with van der Waals surface area (Å²) in [5.41, 5.74) is 6.49. The van der Waals surface area contributed by atoms with E-state index in [1.54, 1.807) is 11.3 Å². The molecule has 0 amide bonds. The van der Waals surface area contributed by atoms with E-state index in [-0.39, 0.29) is 0 Å². The number of anilines is 1. The molecule has 5 heteroatoms. The van der Waals surface area contributed by atoms with Crippen molar-refractivity contribution >= 4 is 27.2 Å². The predicted molar refractivity (Wildman–Crippen MR) is 79.5 cm³/mol. The van der Waals surface area contributed by atoms with Gasteiger partial charge in [-0.05, 0) is 24.6 Å². The monoisotopic (exact) mass is 272 g/mol. The topological polar surface area (TPSA) is 42.7 Å². The van der Waals surface area contributed by atoms with Gasteiger partial charge in [-0.2, -0.15) is 5.10 Å². The number of rotatable bonds is 4. The van der Waals surface area contributed by atoms with Crippen molar-refractivity contribution in [1.82, 2.24) is 14.8 Å². The first-order valence-electron chi connectivity index (χ1n) is 6.35. The average Bonchev–Trinajstić information content (AvgIpc) is 3.01. The van der Waals surface area contributed by atoms with E-state index in [9.17, 15) is 0 Å². The summed E-state index contributed by atoms with van der Waals surface area (Å²) in [6.45, 7) is 2.94. The molecule has 98 valence electrons. The molecule has 1 N–H and O–H groups in total. The van der Waals surface area contributed by atoms with E-state index >= 15 is 0 Å². The molecule has 1 aromatic carbocycles. The van der Waals surface area contributed by atoms with Gasteiger partial charge < -0.3 is 5.32 Å². The summed E-state index contributed by atoms with van der Waals surface area (Å²) < 4.78 is 3.09. The highest BCUT2D eigenvalue weighted by molar-refractivity contribution is 7.16. The first kappa shape index (κ1) is 12.2. The molecule has 2 aromatic heterocycles. The van der Waals surface area contributed by atoms with Crippen LogP contribution >= 0.6 is 11.3 Å². The molecule has 0 atom stereocenters. The molecule has 0 unspecified atom stereocenters. The van der Waals surface area contributed by atoms with E-state index in [2.05, 4.69) is 46.7 Å². The second-order valence-electron chi connectivity index (χ2n) is 4.52. The third-order valence-corrected chi connectivity index (χ3v) is 3.93. The number of benzene rings is 1. The Labute approximate surface area is 116 Å². The van der Waals surface area contributed by atoms with Crippen molar-refractivity contribution < 1.29 is 0 Å². The van der Waals surface area contributed by atoms with Gasteiger partial charge in [0.15, 0.2) is 0 Å². The normalized spacial score (nSPS) is 11.1. The van der Waals surface area contributed by atoms with E-state index in [4.69, 9.17) is 0 Å². The molecule has 3 aromatic rings. The number of aromatic nitrogens is 3. The van der Waals surface area contributed by atoms with E-state index < -0.39 is 0 Å². The van der Waals surface area contributed by atoms with Crippen LogP contribution in [0.5, 0.6) is 0 Å². The highest BCUT2D eigenvalue weighted by Gasteiger charge is 2.05. The number of aryl methyl sites for hydroxylation is 2. The minimum atomic E-state index is 0.807. The summed E-state index contributed by atoms with van der Waals surface area (Å²) >= 11 is 1.67. The van der Waals surface area contributed by atoms with Crippen molar-refractivity contribution in [1.29, 1.82) is 0 Å². The van der Waals surface area contributed by atoms with Crippen LogP contribution in [0.15, 0.2) is 29.9 Å². The maximum atomic E-state index is 4.45. The van der Waals surface area contributed by atoms with Crippen LogP contribution in [0, 0.1) is 0 Å². The lowest BCUT2D eigenvalue weighted by Gasteiger charge is -2.05. The van der Waals surface area contributed by atoms with Gasteiger partial charge in [0, 0.05) is 31.0 Å². The van der Waals surface area contributed by atoms with E-state index in [1.165, 1.54) is 10.3 Å². The first-order chi connectivity index (χ1) is 9.26. The summed E-state index contributed by atoms with van der Waals surface area (Å²) in [6.07, 6.45) is 3.04. The Balaban J connectivity index is 1.77. The quantitative estimate of drug-likeness (QED) is 0.793. The lowest BCUT2D eigenvalue weighted by Crippen LogP contribution is -2.00. The number of hydrogen-bond acceptors (Lipinski definition) is 4. The molecule has 0 radical (unpaired) electrons. The van der Waals surface area contributed by atoms with Crippen LogP contribution in [0.2, 0.25) is 0 Å². The van der Waals surface area contributed by atoms with Gasteiger partial charge in [0.1, 0.15) is 0 Å². The third-order valence-electron chi connectivity index (χ3n) is 3.14. The van der Waals surface area contributed by atoms with Crippen LogP contribution in [0.4, 0.5) is 5.69 Å². The zero-order valence-electron chi connectivity index (χ0n) is 11.1. The molecule has 0 aliphatic heterocycles. The van der Waals surface area contributed by atoms with Crippen molar-refractivity contribution in [2.24, 2.45) is 7.05 Å². The summed E-state index contributed by atoms with van der Waals surface area (Å²) in [5.74, 6) is 0. The maximum absolute atomic E-state index is 4.45. The molecule has 0 aliphatic rings. The van der Waals surface area contributed by atoms with Crippen molar-refractivity contribution in [3.63, 3.8) is 0 Å². The van der Waals surface area contributed by atoms with Crippen LogP contribution < -0.4 is 5.32 Å². The molecule has 0 aliphatic carbocycles. The first-order valence-corrected chi connectivity index (χ1v) is 7.22. The number of thiazole rings is 1. The fourth-order valence-corrected chi connectivity index (χ4v) is 2.91. The third kappa shape index (κ3) is 2.46. The second kappa shape index (κ2) is 5.01. The molecular weight excluding hydrogens is 256 g/mol. The molecule has 0 fully saturated rings. The Morgan fingerprint density at radius 1 is 1.37 bits per heavy atom. The van der Waals surface area contributed by atoms with Gasteiger partial charge in [-0.15, -0.1) is 11.3 Å². The number of nitrogens with one attached hydrogen (secondary N) is 1. The molecular formula is C14H16N4S. The van der Waals surface area contributed by atoms with Gasteiger partial charge in [-0.3, -0.25) is 4.68 Å². The fourth-order valence-electron chi connectivity index (χ4n) is 2.19. The zero-order valence-corrected chi connectivity index (χ0v) is 11.9. The fraction of sp³-hybridized carbons (Fsp3) is 0.286. The Kier molecular flexibility index (Phi) is 3.21. The van der Waals surface area contributed by atoms with Crippen molar-refractivity contribution in [3.05, 3.63) is 41.2 Å². The lowest BCUT2D eigenvalue weighted by molar-refractivity contribution is 0.746. The Bertz CT molecular complexity index is 698. The van der Waals surface area contributed by atoms with Crippen LogP contribution in [-0.4, -0.2) is 14.8 Å². The molecule has 0 saturated heterocycles. The highest BCUT2D eigenvalue weighted by Crippen LogP contribution is 2.22.